The second-order valence-corrected chi connectivity index (χ2v) is 8.91. The van der Waals surface area contributed by atoms with Crippen molar-refractivity contribution in [3.05, 3.63) is 35.9 Å². The van der Waals surface area contributed by atoms with Crippen molar-refractivity contribution in [1.82, 2.24) is 5.32 Å². The minimum Gasteiger partial charge on any atom is -0.392 e. The van der Waals surface area contributed by atoms with Gasteiger partial charge in [0.15, 0.2) is 0 Å². The number of carbonyl (C=O) groups is 3. The Hall–Kier alpha value is -1.66. The maximum Gasteiger partial charge on any atom is 0.330 e. The third kappa shape index (κ3) is 4.33. The van der Waals surface area contributed by atoms with Crippen molar-refractivity contribution < 1.29 is 19.1 Å². The lowest BCUT2D eigenvalue weighted by atomic mass is 9.79. The maximum atomic E-state index is 12.9. The normalized spacial score (nSPS) is 26.1. The van der Waals surface area contributed by atoms with Crippen LogP contribution in [-0.2, 0) is 14.3 Å². The monoisotopic (exact) mass is 403 g/mol. The largest absolute Gasteiger partial charge is 0.392 e. The highest BCUT2D eigenvalue weighted by Crippen LogP contribution is 2.53. The zero-order chi connectivity index (χ0) is 20.1. The van der Waals surface area contributed by atoms with Crippen LogP contribution >= 0.6 is 11.8 Å². The van der Waals surface area contributed by atoms with Gasteiger partial charge < -0.3 is 10.1 Å². The van der Waals surface area contributed by atoms with Crippen molar-refractivity contribution in [1.29, 1.82) is 0 Å². The van der Waals surface area contributed by atoms with E-state index in [-0.39, 0.29) is 21.8 Å². The van der Waals surface area contributed by atoms with Crippen LogP contribution in [0.5, 0.6) is 0 Å². The number of hydrogen-bond acceptors (Lipinski definition) is 6. The van der Waals surface area contributed by atoms with E-state index in [2.05, 4.69) is 19.2 Å². The lowest BCUT2D eigenvalue weighted by Gasteiger charge is -2.34. The Morgan fingerprint density at radius 2 is 1.82 bits per heavy atom. The first-order valence-electron chi connectivity index (χ1n) is 10.3. The fourth-order valence-corrected chi connectivity index (χ4v) is 6.12. The standard InChI is InChI=1S/C22H29NO4S/c1-3-22(4-2)13-12-16(19(24)27-20(25)17-11-8-14-23-17)18(22)28-21(26)15-9-6-5-7-10-15/h5-7,9-10,16-18,23H,3-4,8,11-14H2,1-2H3/t16?,17-,18?/m0/s1. The number of rotatable bonds is 6. The van der Waals surface area contributed by atoms with Crippen molar-refractivity contribution in [2.24, 2.45) is 11.3 Å². The first-order valence-corrected chi connectivity index (χ1v) is 11.1. The summed E-state index contributed by atoms with van der Waals surface area (Å²) >= 11 is 1.25. The molecule has 0 bridgehead atoms. The van der Waals surface area contributed by atoms with Gasteiger partial charge in [-0.25, -0.2) is 4.79 Å². The van der Waals surface area contributed by atoms with Gasteiger partial charge in [-0.15, -0.1) is 0 Å². The summed E-state index contributed by atoms with van der Waals surface area (Å²) < 4.78 is 5.25. The molecule has 0 aromatic heterocycles. The molecule has 1 aliphatic carbocycles. The quantitative estimate of drug-likeness (QED) is 0.572. The molecule has 0 amide bonds. The Morgan fingerprint density at radius 3 is 2.43 bits per heavy atom. The Kier molecular flexibility index (Phi) is 6.94. The molecule has 5 nitrogen and oxygen atoms in total. The molecule has 1 heterocycles. The first-order chi connectivity index (χ1) is 13.5. The fraction of sp³-hybridized carbons (Fsp3) is 0.591. The molecule has 6 heteroatoms. The molecule has 2 fully saturated rings. The van der Waals surface area contributed by atoms with Crippen molar-refractivity contribution >= 4 is 28.8 Å². The number of thioether (sulfide) groups is 1. The maximum absolute atomic E-state index is 12.9. The Balaban J connectivity index is 1.75. The zero-order valence-corrected chi connectivity index (χ0v) is 17.4. The molecule has 1 aromatic carbocycles. The fourth-order valence-electron chi connectivity index (χ4n) is 4.51. The summed E-state index contributed by atoms with van der Waals surface area (Å²) in [5.74, 6) is -1.38. The highest BCUT2D eigenvalue weighted by Gasteiger charge is 2.51. The van der Waals surface area contributed by atoms with E-state index in [4.69, 9.17) is 4.74 Å². The smallest absolute Gasteiger partial charge is 0.330 e. The van der Waals surface area contributed by atoms with Crippen LogP contribution in [0.2, 0.25) is 0 Å². The third-order valence-electron chi connectivity index (χ3n) is 6.42. The summed E-state index contributed by atoms with van der Waals surface area (Å²) in [5, 5.41) is 2.87. The number of hydrogen-bond donors (Lipinski definition) is 1. The zero-order valence-electron chi connectivity index (χ0n) is 16.6. The molecule has 1 saturated heterocycles. The van der Waals surface area contributed by atoms with Crippen LogP contribution in [0.3, 0.4) is 0 Å². The number of nitrogens with one attached hydrogen (secondary N) is 1. The SMILES string of the molecule is CCC1(CC)CCC(C(=O)OC(=O)[C@@H]2CCCN2)C1SC(=O)c1ccccc1. The molecule has 1 aromatic rings. The van der Waals surface area contributed by atoms with Gasteiger partial charge in [-0.05, 0) is 50.5 Å². The average Bonchev–Trinajstić information content (AvgIpc) is 3.37. The van der Waals surface area contributed by atoms with Gasteiger partial charge in [0, 0.05) is 10.8 Å². The lowest BCUT2D eigenvalue weighted by Crippen LogP contribution is -2.39. The molecule has 0 spiro atoms. The minimum atomic E-state index is -0.480. The molecule has 1 aliphatic heterocycles. The summed E-state index contributed by atoms with van der Waals surface area (Å²) in [7, 11) is 0. The van der Waals surface area contributed by atoms with Crippen LogP contribution in [0.15, 0.2) is 30.3 Å². The second kappa shape index (κ2) is 9.23. The van der Waals surface area contributed by atoms with Gasteiger partial charge in [0.05, 0.1) is 5.92 Å². The van der Waals surface area contributed by atoms with Gasteiger partial charge in [0.2, 0.25) is 5.12 Å². The van der Waals surface area contributed by atoms with E-state index in [0.717, 1.165) is 32.2 Å². The van der Waals surface area contributed by atoms with E-state index in [1.807, 2.05) is 18.2 Å². The summed E-state index contributed by atoms with van der Waals surface area (Å²) in [6, 6.07) is 8.77. The average molecular weight is 404 g/mol. The predicted molar refractivity (Wildman–Crippen MR) is 110 cm³/mol. The molecular weight excluding hydrogens is 374 g/mol. The molecule has 3 rings (SSSR count). The van der Waals surface area contributed by atoms with E-state index >= 15 is 0 Å². The van der Waals surface area contributed by atoms with Crippen molar-refractivity contribution in [2.45, 2.75) is 63.7 Å². The van der Waals surface area contributed by atoms with Gasteiger partial charge in [-0.2, -0.15) is 0 Å². The molecule has 2 aliphatic rings. The van der Waals surface area contributed by atoms with Crippen LogP contribution in [0.25, 0.3) is 0 Å². The number of carbonyl (C=O) groups excluding carboxylic acids is 3. The Bertz CT molecular complexity index is 711. The highest BCUT2D eigenvalue weighted by molar-refractivity contribution is 8.14. The van der Waals surface area contributed by atoms with Crippen LogP contribution in [0.1, 0.15) is 62.7 Å². The lowest BCUT2D eigenvalue weighted by molar-refractivity contribution is -0.163. The van der Waals surface area contributed by atoms with E-state index < -0.39 is 17.9 Å². The minimum absolute atomic E-state index is 0.0274. The second-order valence-electron chi connectivity index (χ2n) is 7.80. The molecular formula is C22H29NO4S. The van der Waals surface area contributed by atoms with Crippen molar-refractivity contribution in [3.63, 3.8) is 0 Å². The van der Waals surface area contributed by atoms with Crippen molar-refractivity contribution in [2.75, 3.05) is 6.54 Å². The van der Waals surface area contributed by atoms with Gasteiger partial charge in [-0.3, -0.25) is 9.59 Å². The summed E-state index contributed by atoms with van der Waals surface area (Å²) in [6.45, 7) is 5.01. The summed E-state index contributed by atoms with van der Waals surface area (Å²) in [6.07, 6.45) is 4.93. The molecule has 2 unspecified atom stereocenters. The first kappa shape index (κ1) is 21.1. The third-order valence-corrected chi connectivity index (χ3v) is 7.95. The van der Waals surface area contributed by atoms with Crippen LogP contribution in [-0.4, -0.2) is 34.9 Å². The number of ether oxygens (including phenoxy) is 1. The number of esters is 2. The highest BCUT2D eigenvalue weighted by atomic mass is 32.2. The van der Waals surface area contributed by atoms with E-state index in [0.29, 0.717) is 18.4 Å². The summed E-state index contributed by atoms with van der Waals surface area (Å²) in [5.41, 5.74) is 0.548. The predicted octanol–water partition coefficient (Wildman–Crippen LogP) is 3.97. The van der Waals surface area contributed by atoms with Gasteiger partial charge in [-0.1, -0.05) is 55.9 Å². The summed E-state index contributed by atoms with van der Waals surface area (Å²) in [4.78, 5) is 38.0. The molecule has 28 heavy (non-hydrogen) atoms. The van der Waals surface area contributed by atoms with Gasteiger partial charge in [0.25, 0.3) is 0 Å². The molecule has 1 saturated carbocycles. The van der Waals surface area contributed by atoms with Crippen LogP contribution < -0.4 is 5.32 Å². The molecule has 0 radical (unpaired) electrons. The van der Waals surface area contributed by atoms with Gasteiger partial charge in [0.1, 0.15) is 6.04 Å². The van der Waals surface area contributed by atoms with E-state index in [1.54, 1.807) is 12.1 Å². The van der Waals surface area contributed by atoms with Crippen LogP contribution in [0.4, 0.5) is 0 Å². The topological polar surface area (TPSA) is 72.5 Å². The van der Waals surface area contributed by atoms with Gasteiger partial charge >= 0.3 is 11.9 Å². The molecule has 152 valence electrons. The Labute approximate surface area is 171 Å². The van der Waals surface area contributed by atoms with Crippen LogP contribution in [0, 0.1) is 11.3 Å². The molecule has 3 atom stereocenters. The van der Waals surface area contributed by atoms with Crippen molar-refractivity contribution in [3.8, 4) is 0 Å². The van der Waals surface area contributed by atoms with E-state index in [1.165, 1.54) is 11.8 Å². The van der Waals surface area contributed by atoms with E-state index in [9.17, 15) is 14.4 Å². The number of benzene rings is 1. The Morgan fingerprint density at radius 1 is 1.11 bits per heavy atom. The molecule has 1 N–H and O–H groups in total.